The van der Waals surface area contributed by atoms with Crippen molar-refractivity contribution in [3.8, 4) is 0 Å². The van der Waals surface area contributed by atoms with Gasteiger partial charge in [0.05, 0.1) is 11.6 Å². The third-order valence-electron chi connectivity index (χ3n) is 5.39. The molecule has 1 saturated heterocycles. The molecule has 0 spiro atoms. The van der Waals surface area contributed by atoms with Crippen LogP contribution in [-0.2, 0) is 9.59 Å². The maximum Gasteiger partial charge on any atom is 0.295 e. The van der Waals surface area contributed by atoms with Crippen molar-refractivity contribution >= 4 is 29.1 Å². The summed E-state index contributed by atoms with van der Waals surface area (Å²) in [5, 5.41) is 11.4. The minimum Gasteiger partial charge on any atom is -0.507 e. The Kier molecular flexibility index (Phi) is 6.90. The van der Waals surface area contributed by atoms with Gasteiger partial charge in [-0.15, -0.1) is 0 Å². The number of ketones is 1. The molecule has 0 unspecified atom stereocenters. The summed E-state index contributed by atoms with van der Waals surface area (Å²) in [5.41, 5.74) is 0.937. The van der Waals surface area contributed by atoms with Crippen molar-refractivity contribution in [2.75, 3.05) is 26.2 Å². The lowest BCUT2D eigenvalue weighted by Crippen LogP contribution is -2.38. The summed E-state index contributed by atoms with van der Waals surface area (Å²) < 4.78 is 13.5. The van der Waals surface area contributed by atoms with Gasteiger partial charge in [-0.2, -0.15) is 0 Å². The highest BCUT2D eigenvalue weighted by Gasteiger charge is 2.45. The number of rotatable bonds is 7. The van der Waals surface area contributed by atoms with Gasteiger partial charge in [-0.25, -0.2) is 4.39 Å². The zero-order chi connectivity index (χ0) is 21.8. The van der Waals surface area contributed by atoms with Crippen LogP contribution in [0.1, 0.15) is 31.0 Å². The number of Topliss-reactive ketones (excluding diaryl/α,β-unsaturated/α-hetero) is 1. The Morgan fingerprint density at radius 1 is 1.07 bits per heavy atom. The number of aliphatic hydroxyl groups excluding tert-OH is 1. The van der Waals surface area contributed by atoms with E-state index < -0.39 is 23.5 Å². The molecule has 0 aliphatic carbocycles. The van der Waals surface area contributed by atoms with Gasteiger partial charge in [-0.05, 0) is 55.1 Å². The third kappa shape index (κ3) is 4.40. The number of carbonyl (C=O) groups excluding carboxylic acids is 2. The van der Waals surface area contributed by atoms with Crippen LogP contribution in [-0.4, -0.2) is 52.8 Å². The molecule has 1 aliphatic rings. The molecule has 1 aliphatic heterocycles. The first kappa shape index (κ1) is 22.0. The number of likely N-dealkylation sites (N-methyl/N-ethyl adjacent to an activating group) is 1. The second-order valence-corrected chi connectivity index (χ2v) is 7.51. The van der Waals surface area contributed by atoms with Gasteiger partial charge >= 0.3 is 0 Å². The number of benzene rings is 2. The molecule has 5 nitrogen and oxygen atoms in total. The average molecular weight is 431 g/mol. The van der Waals surface area contributed by atoms with Crippen molar-refractivity contribution in [1.82, 2.24) is 9.80 Å². The van der Waals surface area contributed by atoms with Gasteiger partial charge in [0.15, 0.2) is 0 Å². The van der Waals surface area contributed by atoms with Crippen molar-refractivity contribution in [2.24, 2.45) is 0 Å². The second kappa shape index (κ2) is 9.41. The van der Waals surface area contributed by atoms with Crippen molar-refractivity contribution in [2.45, 2.75) is 19.9 Å². The molecule has 30 heavy (non-hydrogen) atoms. The molecule has 2 aromatic rings. The number of halogens is 2. The molecule has 7 heteroatoms. The van der Waals surface area contributed by atoms with Crippen LogP contribution in [0.15, 0.2) is 54.1 Å². The highest BCUT2D eigenvalue weighted by atomic mass is 35.5. The van der Waals surface area contributed by atoms with Crippen LogP contribution < -0.4 is 0 Å². The summed E-state index contributed by atoms with van der Waals surface area (Å²) in [5.74, 6) is -2.12. The van der Waals surface area contributed by atoms with Gasteiger partial charge in [-0.1, -0.05) is 37.6 Å². The second-order valence-electron chi connectivity index (χ2n) is 7.08. The molecule has 1 fully saturated rings. The zero-order valence-electron chi connectivity index (χ0n) is 16.9. The maximum atomic E-state index is 13.5. The first-order valence-corrected chi connectivity index (χ1v) is 10.3. The molecule has 0 aromatic heterocycles. The Bertz CT molecular complexity index is 953. The summed E-state index contributed by atoms with van der Waals surface area (Å²) in [7, 11) is 0. The number of aliphatic hydroxyl groups is 1. The molecule has 0 radical (unpaired) electrons. The highest BCUT2D eigenvalue weighted by Crippen LogP contribution is 2.39. The minimum absolute atomic E-state index is 0.00604. The molecule has 1 N–H and O–H groups in total. The Morgan fingerprint density at radius 2 is 1.67 bits per heavy atom. The topological polar surface area (TPSA) is 60.9 Å². The summed E-state index contributed by atoms with van der Waals surface area (Å²) in [6.07, 6.45) is 0. The molecule has 2 aromatic carbocycles. The van der Waals surface area contributed by atoms with Crippen LogP contribution >= 0.6 is 11.6 Å². The SMILES string of the molecule is CCN(CC)CCN1C(=O)C(=O)C(=C(O)c2ccc(Cl)cc2)[C@H]1c1ccc(F)cc1. The van der Waals surface area contributed by atoms with E-state index in [4.69, 9.17) is 11.6 Å². The Balaban J connectivity index is 2.08. The largest absolute Gasteiger partial charge is 0.507 e. The number of hydrogen-bond donors (Lipinski definition) is 1. The number of nitrogens with zero attached hydrogens (tertiary/aromatic N) is 2. The standard InChI is InChI=1S/C23H24ClFN2O3/c1-3-26(4-2)13-14-27-20(15-7-11-18(25)12-8-15)19(22(29)23(27)30)21(28)16-5-9-17(24)10-6-16/h5-12,20,28H,3-4,13-14H2,1-2H3/t20-/m1/s1. The third-order valence-corrected chi connectivity index (χ3v) is 5.65. The van der Waals surface area contributed by atoms with Crippen molar-refractivity contribution < 1.29 is 19.1 Å². The van der Waals surface area contributed by atoms with Gasteiger partial charge < -0.3 is 14.9 Å². The number of carbonyl (C=O) groups is 2. The fourth-order valence-corrected chi connectivity index (χ4v) is 3.78. The maximum absolute atomic E-state index is 13.5. The highest BCUT2D eigenvalue weighted by molar-refractivity contribution is 6.46. The van der Waals surface area contributed by atoms with E-state index in [1.807, 2.05) is 13.8 Å². The molecule has 158 valence electrons. The minimum atomic E-state index is -0.795. The van der Waals surface area contributed by atoms with E-state index in [0.29, 0.717) is 29.2 Å². The zero-order valence-corrected chi connectivity index (χ0v) is 17.7. The van der Waals surface area contributed by atoms with Crippen LogP contribution in [0.3, 0.4) is 0 Å². The lowest BCUT2D eigenvalue weighted by Gasteiger charge is -2.28. The van der Waals surface area contributed by atoms with E-state index in [2.05, 4.69) is 4.90 Å². The van der Waals surface area contributed by atoms with Crippen LogP contribution in [0.25, 0.3) is 5.76 Å². The first-order valence-electron chi connectivity index (χ1n) is 9.89. The summed E-state index contributed by atoms with van der Waals surface area (Å²) in [6, 6.07) is 11.2. The molecule has 1 amide bonds. The molecule has 1 atom stereocenters. The van der Waals surface area contributed by atoms with E-state index >= 15 is 0 Å². The molecular weight excluding hydrogens is 407 g/mol. The van der Waals surface area contributed by atoms with Gasteiger partial charge in [0.25, 0.3) is 11.7 Å². The molecule has 3 rings (SSSR count). The average Bonchev–Trinajstić information content (AvgIpc) is 3.00. The van der Waals surface area contributed by atoms with E-state index in [1.54, 1.807) is 24.3 Å². The summed E-state index contributed by atoms with van der Waals surface area (Å²) in [6.45, 7) is 6.56. The molecule has 0 saturated carbocycles. The van der Waals surface area contributed by atoms with E-state index in [1.165, 1.54) is 29.2 Å². The summed E-state index contributed by atoms with van der Waals surface area (Å²) >= 11 is 5.92. The van der Waals surface area contributed by atoms with E-state index in [-0.39, 0.29) is 11.3 Å². The quantitative estimate of drug-likeness (QED) is 0.405. The van der Waals surface area contributed by atoms with Crippen molar-refractivity contribution in [3.63, 3.8) is 0 Å². The van der Waals surface area contributed by atoms with Crippen LogP contribution in [0.2, 0.25) is 5.02 Å². The number of likely N-dealkylation sites (tertiary alicyclic amines) is 1. The monoisotopic (exact) mass is 430 g/mol. The van der Waals surface area contributed by atoms with Gasteiger partial charge in [0.2, 0.25) is 0 Å². The van der Waals surface area contributed by atoms with E-state index in [0.717, 1.165) is 13.1 Å². The normalized spacial score (nSPS) is 18.4. The first-order chi connectivity index (χ1) is 14.4. The van der Waals surface area contributed by atoms with Gasteiger partial charge in [0, 0.05) is 23.7 Å². The Hall–Kier alpha value is -2.70. The molecule has 0 bridgehead atoms. The predicted molar refractivity (Wildman–Crippen MR) is 115 cm³/mol. The van der Waals surface area contributed by atoms with Crippen molar-refractivity contribution in [1.29, 1.82) is 0 Å². The number of hydrogen-bond acceptors (Lipinski definition) is 4. The predicted octanol–water partition coefficient (Wildman–Crippen LogP) is 4.24. The fraction of sp³-hybridized carbons (Fsp3) is 0.304. The van der Waals surface area contributed by atoms with E-state index in [9.17, 15) is 19.1 Å². The van der Waals surface area contributed by atoms with Crippen LogP contribution in [0.4, 0.5) is 4.39 Å². The van der Waals surface area contributed by atoms with Crippen molar-refractivity contribution in [3.05, 3.63) is 76.1 Å². The van der Waals surface area contributed by atoms with Gasteiger partial charge in [0.1, 0.15) is 11.6 Å². The molecular formula is C23H24ClFN2O3. The summed E-state index contributed by atoms with van der Waals surface area (Å²) in [4.78, 5) is 29.4. The smallest absolute Gasteiger partial charge is 0.295 e. The lowest BCUT2D eigenvalue weighted by molar-refractivity contribution is -0.140. The van der Waals surface area contributed by atoms with Gasteiger partial charge in [-0.3, -0.25) is 9.59 Å². The van der Waals surface area contributed by atoms with Crippen LogP contribution in [0, 0.1) is 5.82 Å². The fourth-order valence-electron chi connectivity index (χ4n) is 3.65. The van der Waals surface area contributed by atoms with Crippen LogP contribution in [0.5, 0.6) is 0 Å². The number of amides is 1. The Labute approximate surface area is 180 Å². The molecule has 1 heterocycles. The lowest BCUT2D eigenvalue weighted by atomic mass is 9.95. The Morgan fingerprint density at radius 3 is 2.23 bits per heavy atom.